The van der Waals surface area contributed by atoms with Crippen LogP contribution in [-0.2, 0) is 11.8 Å². The molecule has 1 aromatic carbocycles. The number of imide groups is 1. The highest BCUT2D eigenvalue weighted by Gasteiger charge is 2.42. The first-order valence-electron chi connectivity index (χ1n) is 11.9. The Morgan fingerprint density at radius 2 is 1.91 bits per heavy atom. The normalized spacial score (nSPS) is 23.5. The number of piperidine rings is 2. The molecule has 0 radical (unpaired) electrons. The third-order valence-corrected chi connectivity index (χ3v) is 7.51. The number of carbonyl (C=O) groups excluding carboxylic acids is 2. The molecular formula is C23H31FN6O4. The van der Waals surface area contributed by atoms with Gasteiger partial charge in [-0.25, -0.2) is 9.18 Å². The smallest absolute Gasteiger partial charge is 0.329 e. The number of benzene rings is 1. The molecule has 3 aliphatic heterocycles. The van der Waals surface area contributed by atoms with Gasteiger partial charge in [0.2, 0.25) is 11.8 Å². The molecule has 0 bridgehead atoms. The summed E-state index contributed by atoms with van der Waals surface area (Å²) in [5.41, 5.74) is 0.882. The van der Waals surface area contributed by atoms with Crippen LogP contribution < -0.4 is 15.5 Å². The molecule has 4 heterocycles. The van der Waals surface area contributed by atoms with Crippen molar-refractivity contribution < 1.29 is 24.2 Å². The number of carbonyl (C=O) groups is 2. The van der Waals surface area contributed by atoms with E-state index in [1.165, 1.54) is 9.58 Å². The topological polar surface area (TPSA) is 123 Å². The Bertz CT molecular complexity index is 1100. The quantitative estimate of drug-likeness (QED) is 0.487. The van der Waals surface area contributed by atoms with Gasteiger partial charge in [-0.15, -0.1) is 0 Å². The van der Waals surface area contributed by atoms with Gasteiger partial charge in [-0.2, -0.15) is 5.10 Å². The Kier molecular flexibility index (Phi) is 6.05. The molecule has 1 unspecified atom stereocenters. The van der Waals surface area contributed by atoms with Crippen molar-refractivity contribution in [2.24, 2.45) is 13.0 Å². The maximum atomic E-state index is 15.7. The van der Waals surface area contributed by atoms with Gasteiger partial charge < -0.3 is 15.5 Å². The van der Waals surface area contributed by atoms with Gasteiger partial charge in [0.05, 0.1) is 0 Å². The van der Waals surface area contributed by atoms with Crippen LogP contribution in [0, 0.1) is 11.7 Å². The number of fused-ring (bicyclic) bond motifs is 1. The van der Waals surface area contributed by atoms with Crippen LogP contribution in [-0.4, -0.2) is 75.5 Å². The van der Waals surface area contributed by atoms with Gasteiger partial charge in [-0.05, 0) is 49.8 Å². The summed E-state index contributed by atoms with van der Waals surface area (Å²) in [7, 11) is 1.64. The summed E-state index contributed by atoms with van der Waals surface area (Å²) >= 11 is 0. The predicted molar refractivity (Wildman–Crippen MR) is 122 cm³/mol. The van der Waals surface area contributed by atoms with Crippen LogP contribution >= 0.6 is 0 Å². The molecule has 0 spiro atoms. The minimum atomic E-state index is -1.87. The summed E-state index contributed by atoms with van der Waals surface area (Å²) in [5.74, 6) is -2.56. The van der Waals surface area contributed by atoms with Gasteiger partial charge in [0.15, 0.2) is 11.6 Å². The largest absolute Gasteiger partial charge is 0.353 e. The summed E-state index contributed by atoms with van der Waals surface area (Å²) < 4.78 is 17.2. The van der Waals surface area contributed by atoms with Crippen molar-refractivity contribution in [2.45, 2.75) is 43.9 Å². The lowest BCUT2D eigenvalue weighted by molar-refractivity contribution is -0.301. The second-order valence-corrected chi connectivity index (χ2v) is 9.56. The summed E-state index contributed by atoms with van der Waals surface area (Å²) in [5, 5.41) is 32.0. The van der Waals surface area contributed by atoms with Crippen molar-refractivity contribution in [1.29, 1.82) is 0 Å². The fraction of sp³-hybridized carbons (Fsp3) is 0.609. The van der Waals surface area contributed by atoms with Crippen LogP contribution in [0.3, 0.4) is 0 Å². The van der Waals surface area contributed by atoms with Gasteiger partial charge >= 0.3 is 6.03 Å². The van der Waals surface area contributed by atoms with Crippen molar-refractivity contribution in [2.75, 3.05) is 37.6 Å². The third kappa shape index (κ3) is 3.96. The van der Waals surface area contributed by atoms with Gasteiger partial charge in [0.25, 0.3) is 0 Å². The molecule has 0 aliphatic carbocycles. The van der Waals surface area contributed by atoms with Crippen LogP contribution in [0.2, 0.25) is 0 Å². The number of hydrogen-bond donors (Lipinski definition) is 4. The maximum absolute atomic E-state index is 15.7. The zero-order chi connectivity index (χ0) is 24.0. The van der Waals surface area contributed by atoms with Crippen molar-refractivity contribution >= 4 is 28.7 Å². The van der Waals surface area contributed by atoms with E-state index in [0.29, 0.717) is 54.8 Å². The minimum absolute atomic E-state index is 0.0600. The Balaban J connectivity index is 1.35. The fourth-order valence-electron chi connectivity index (χ4n) is 5.56. The molecule has 10 nitrogen and oxygen atoms in total. The molecule has 34 heavy (non-hydrogen) atoms. The number of hydrogen-bond acceptors (Lipinski definition) is 7. The molecule has 3 fully saturated rings. The number of rotatable bonds is 4. The molecule has 3 amide bonds. The number of likely N-dealkylation sites (tertiary alicyclic amines) is 1. The molecule has 1 atom stereocenters. The first-order chi connectivity index (χ1) is 16.3. The van der Waals surface area contributed by atoms with E-state index in [2.05, 4.69) is 15.7 Å². The number of aliphatic hydroxyl groups is 2. The van der Waals surface area contributed by atoms with E-state index >= 15 is 4.39 Å². The van der Waals surface area contributed by atoms with E-state index in [1.807, 2.05) is 0 Å². The lowest BCUT2D eigenvalue weighted by atomic mass is 9.86. The fourth-order valence-corrected chi connectivity index (χ4v) is 5.56. The van der Waals surface area contributed by atoms with Crippen molar-refractivity contribution in [1.82, 2.24) is 25.3 Å². The molecule has 0 saturated carbocycles. The monoisotopic (exact) mass is 474 g/mol. The molecule has 5 rings (SSSR count). The second kappa shape index (κ2) is 8.88. The number of nitrogens with zero attached hydrogens (tertiary/aromatic N) is 4. The second-order valence-electron chi connectivity index (χ2n) is 9.56. The van der Waals surface area contributed by atoms with Crippen molar-refractivity contribution in [3.63, 3.8) is 0 Å². The van der Waals surface area contributed by atoms with Crippen LogP contribution in [0.25, 0.3) is 10.9 Å². The van der Waals surface area contributed by atoms with Gasteiger partial charge in [-0.3, -0.25) is 24.6 Å². The van der Waals surface area contributed by atoms with E-state index in [1.54, 1.807) is 24.1 Å². The lowest BCUT2D eigenvalue weighted by Gasteiger charge is -2.45. The van der Waals surface area contributed by atoms with Gasteiger partial charge in [0.1, 0.15) is 5.52 Å². The summed E-state index contributed by atoms with van der Waals surface area (Å²) in [6.07, 6.45) is 3.05. The average Bonchev–Trinajstić information content (AvgIpc) is 3.17. The molecular weight excluding hydrogens is 443 g/mol. The summed E-state index contributed by atoms with van der Waals surface area (Å²) in [6, 6.07) is 2.96. The SMILES string of the molecule is Cn1nc(N2CCC(=O)NC2=O)c2ccc(C3CCN(C(O)(O)C4CCCNC4)CC3)c(F)c21. The number of nitrogens with one attached hydrogen (secondary N) is 2. The van der Waals surface area contributed by atoms with Gasteiger partial charge in [-0.1, -0.05) is 6.07 Å². The van der Waals surface area contributed by atoms with E-state index in [9.17, 15) is 19.8 Å². The zero-order valence-electron chi connectivity index (χ0n) is 19.3. The van der Waals surface area contributed by atoms with Gasteiger partial charge in [0, 0.05) is 51.0 Å². The molecule has 11 heteroatoms. The van der Waals surface area contributed by atoms with Crippen LogP contribution in [0.1, 0.15) is 43.6 Å². The standard InChI is InChI=1S/C23H31FN6O4/c1-28-20-17(21(27-28)30-12-8-18(31)26-22(30)32)5-4-16(19(20)24)14-6-10-29(11-7-14)23(33,34)15-3-2-9-25-13-15/h4-5,14-15,25,33-34H,2-3,6-13H2,1H3,(H,26,31,32). The van der Waals surface area contributed by atoms with E-state index in [4.69, 9.17) is 0 Å². The van der Waals surface area contributed by atoms with Crippen molar-refractivity contribution in [3.8, 4) is 0 Å². The van der Waals surface area contributed by atoms with E-state index < -0.39 is 11.9 Å². The Hall–Kier alpha value is -2.60. The van der Waals surface area contributed by atoms with E-state index in [-0.39, 0.29) is 36.5 Å². The first-order valence-corrected chi connectivity index (χ1v) is 11.9. The average molecular weight is 475 g/mol. The van der Waals surface area contributed by atoms with Crippen LogP contribution in [0.5, 0.6) is 0 Å². The summed E-state index contributed by atoms with van der Waals surface area (Å²) in [6.45, 7) is 2.59. The Morgan fingerprint density at radius 3 is 2.59 bits per heavy atom. The Labute approximate surface area is 196 Å². The minimum Gasteiger partial charge on any atom is -0.353 e. The molecule has 1 aromatic heterocycles. The van der Waals surface area contributed by atoms with E-state index in [0.717, 1.165) is 19.4 Å². The molecule has 3 saturated heterocycles. The molecule has 4 N–H and O–H groups in total. The maximum Gasteiger partial charge on any atom is 0.329 e. The highest BCUT2D eigenvalue weighted by Crippen LogP contribution is 2.38. The molecule has 184 valence electrons. The third-order valence-electron chi connectivity index (χ3n) is 7.51. The number of aromatic nitrogens is 2. The zero-order valence-corrected chi connectivity index (χ0v) is 19.3. The number of anilines is 1. The highest BCUT2D eigenvalue weighted by molar-refractivity contribution is 6.08. The molecule has 2 aromatic rings. The number of aryl methyl sites for hydroxylation is 1. The van der Waals surface area contributed by atoms with Crippen LogP contribution in [0.15, 0.2) is 12.1 Å². The van der Waals surface area contributed by atoms with Crippen molar-refractivity contribution in [3.05, 3.63) is 23.5 Å². The summed E-state index contributed by atoms with van der Waals surface area (Å²) in [4.78, 5) is 26.8. The highest BCUT2D eigenvalue weighted by atomic mass is 19.1. The Morgan fingerprint density at radius 1 is 1.15 bits per heavy atom. The molecule has 3 aliphatic rings. The number of halogens is 1. The van der Waals surface area contributed by atoms with Crippen LogP contribution in [0.4, 0.5) is 15.0 Å². The number of urea groups is 1. The first kappa shape index (κ1) is 23.2. The predicted octanol–water partition coefficient (Wildman–Crippen LogP) is 0.976. The number of amides is 3. The lowest BCUT2D eigenvalue weighted by Crippen LogP contribution is -2.59.